The zero-order valence-corrected chi connectivity index (χ0v) is 16.6. The van der Waals surface area contributed by atoms with Gasteiger partial charge in [0.2, 0.25) is 5.91 Å². The van der Waals surface area contributed by atoms with E-state index in [9.17, 15) is 4.79 Å². The van der Waals surface area contributed by atoms with E-state index < -0.39 is 0 Å². The van der Waals surface area contributed by atoms with Crippen LogP contribution in [0.5, 0.6) is 0 Å². The van der Waals surface area contributed by atoms with Crippen molar-refractivity contribution in [3.05, 3.63) is 54.5 Å². The van der Waals surface area contributed by atoms with Gasteiger partial charge in [-0.15, -0.1) is 11.8 Å². The van der Waals surface area contributed by atoms with Gasteiger partial charge in [-0.25, -0.2) is 0 Å². The number of furan rings is 1. The van der Waals surface area contributed by atoms with Crippen LogP contribution >= 0.6 is 11.8 Å². The third kappa shape index (κ3) is 9.75. The van der Waals surface area contributed by atoms with Crippen LogP contribution in [-0.2, 0) is 11.2 Å². The van der Waals surface area contributed by atoms with Crippen LogP contribution in [-0.4, -0.2) is 43.8 Å². The van der Waals surface area contributed by atoms with Crippen molar-refractivity contribution >= 4 is 23.6 Å². The predicted octanol–water partition coefficient (Wildman–Crippen LogP) is 2.68. The third-order valence-electron chi connectivity index (χ3n) is 3.63. The Kier molecular flexibility index (Phi) is 9.96. The van der Waals surface area contributed by atoms with Gasteiger partial charge < -0.3 is 20.4 Å². The molecule has 0 unspecified atom stereocenters. The zero-order valence-electron chi connectivity index (χ0n) is 15.7. The van der Waals surface area contributed by atoms with Crippen molar-refractivity contribution in [1.29, 1.82) is 0 Å². The van der Waals surface area contributed by atoms with E-state index in [1.807, 2.05) is 42.1 Å². The van der Waals surface area contributed by atoms with E-state index in [0.29, 0.717) is 13.1 Å². The van der Waals surface area contributed by atoms with Crippen LogP contribution in [0.3, 0.4) is 0 Å². The molecule has 0 atom stereocenters. The molecule has 27 heavy (non-hydrogen) atoms. The number of hydrogen-bond acceptors (Lipinski definition) is 4. The molecule has 146 valence electrons. The molecule has 0 aliphatic rings. The predicted molar refractivity (Wildman–Crippen MR) is 111 cm³/mol. The lowest BCUT2D eigenvalue weighted by Crippen LogP contribution is -2.39. The van der Waals surface area contributed by atoms with Gasteiger partial charge in [0.25, 0.3) is 0 Å². The molecule has 0 radical (unpaired) electrons. The number of rotatable bonds is 11. The summed E-state index contributed by atoms with van der Waals surface area (Å²) in [6.07, 6.45) is 3.30. The summed E-state index contributed by atoms with van der Waals surface area (Å²) in [4.78, 5) is 16.8. The number of benzene rings is 1. The first-order valence-electron chi connectivity index (χ1n) is 9.21. The van der Waals surface area contributed by atoms with Crippen LogP contribution in [0.25, 0.3) is 0 Å². The molecule has 0 saturated carbocycles. The molecule has 1 amide bonds. The number of nitrogens with zero attached hydrogens (tertiary/aromatic N) is 1. The number of nitrogens with one attached hydrogen (secondary N) is 3. The highest BCUT2D eigenvalue weighted by Crippen LogP contribution is 2.15. The van der Waals surface area contributed by atoms with Crippen molar-refractivity contribution in [2.45, 2.75) is 24.7 Å². The van der Waals surface area contributed by atoms with Crippen molar-refractivity contribution in [2.24, 2.45) is 4.99 Å². The van der Waals surface area contributed by atoms with E-state index in [4.69, 9.17) is 4.42 Å². The Morgan fingerprint density at radius 2 is 1.85 bits per heavy atom. The zero-order chi connectivity index (χ0) is 19.2. The number of aliphatic imine (C=N–C) groups is 1. The Hall–Kier alpha value is -2.41. The molecule has 0 aliphatic heterocycles. The molecule has 1 heterocycles. The molecule has 0 aliphatic carbocycles. The van der Waals surface area contributed by atoms with Crippen LogP contribution in [0, 0.1) is 0 Å². The second-order valence-electron chi connectivity index (χ2n) is 5.91. The van der Waals surface area contributed by atoms with Gasteiger partial charge in [-0.2, -0.15) is 0 Å². The van der Waals surface area contributed by atoms with Crippen LogP contribution < -0.4 is 16.0 Å². The fourth-order valence-electron chi connectivity index (χ4n) is 2.32. The van der Waals surface area contributed by atoms with Gasteiger partial charge in [0, 0.05) is 50.2 Å². The van der Waals surface area contributed by atoms with Crippen molar-refractivity contribution in [3.8, 4) is 0 Å². The molecule has 0 saturated heterocycles. The number of amides is 1. The summed E-state index contributed by atoms with van der Waals surface area (Å²) in [6.45, 7) is 4.39. The number of guanidine groups is 1. The van der Waals surface area contributed by atoms with Gasteiger partial charge in [0.15, 0.2) is 5.96 Å². The summed E-state index contributed by atoms with van der Waals surface area (Å²) in [6, 6.07) is 14.2. The van der Waals surface area contributed by atoms with Crippen molar-refractivity contribution in [2.75, 3.05) is 31.9 Å². The molecule has 1 aromatic heterocycles. The Balaban J connectivity index is 1.71. The molecule has 2 rings (SSSR count). The maximum Gasteiger partial charge on any atom is 0.216 e. The summed E-state index contributed by atoms with van der Waals surface area (Å²) in [5.41, 5.74) is 0. The van der Waals surface area contributed by atoms with E-state index in [1.165, 1.54) is 11.8 Å². The third-order valence-corrected chi connectivity index (χ3v) is 4.64. The van der Waals surface area contributed by atoms with Gasteiger partial charge in [-0.1, -0.05) is 18.2 Å². The lowest BCUT2D eigenvalue weighted by Gasteiger charge is -2.12. The van der Waals surface area contributed by atoms with Gasteiger partial charge in [0.05, 0.1) is 6.26 Å². The number of carbonyl (C=O) groups excluding carboxylic acids is 1. The second-order valence-corrected chi connectivity index (χ2v) is 7.08. The van der Waals surface area contributed by atoms with Crippen molar-refractivity contribution < 1.29 is 9.21 Å². The van der Waals surface area contributed by atoms with Gasteiger partial charge >= 0.3 is 0 Å². The molecular weight excluding hydrogens is 360 g/mol. The molecule has 1 aromatic carbocycles. The maximum atomic E-state index is 10.9. The summed E-state index contributed by atoms with van der Waals surface area (Å²) >= 11 is 1.81. The van der Waals surface area contributed by atoms with Crippen molar-refractivity contribution in [1.82, 2.24) is 16.0 Å². The minimum Gasteiger partial charge on any atom is -0.469 e. The van der Waals surface area contributed by atoms with Gasteiger partial charge in [0.1, 0.15) is 5.76 Å². The molecule has 0 fully saturated rings. The smallest absolute Gasteiger partial charge is 0.216 e. The number of carbonyl (C=O) groups is 1. The van der Waals surface area contributed by atoms with Crippen LogP contribution in [0.15, 0.2) is 63.0 Å². The van der Waals surface area contributed by atoms with Crippen LogP contribution in [0.1, 0.15) is 19.1 Å². The standard InChI is InChI=1S/C20H28N4O2S/c1-17(25)21-11-6-12-22-20(23-13-10-18-7-5-15-26-18)24-14-16-27-19-8-3-2-4-9-19/h2-5,7-9,15H,6,10-14,16H2,1H3,(H,21,25)(H2,22,23,24). The number of hydrogen-bond donors (Lipinski definition) is 3. The van der Waals surface area contributed by atoms with Crippen LogP contribution in [0.4, 0.5) is 0 Å². The summed E-state index contributed by atoms with van der Waals surface area (Å²) in [5.74, 6) is 2.69. The van der Waals surface area contributed by atoms with E-state index >= 15 is 0 Å². The summed E-state index contributed by atoms with van der Waals surface area (Å²) < 4.78 is 5.35. The highest BCUT2D eigenvalue weighted by molar-refractivity contribution is 7.99. The van der Waals surface area contributed by atoms with E-state index in [2.05, 4.69) is 33.1 Å². The molecular formula is C20H28N4O2S. The highest BCUT2D eigenvalue weighted by atomic mass is 32.2. The SMILES string of the molecule is CC(=O)NCCCN=C(NCCSc1ccccc1)NCCc1ccco1. The summed E-state index contributed by atoms with van der Waals surface area (Å²) in [7, 11) is 0. The molecule has 0 bridgehead atoms. The topological polar surface area (TPSA) is 78.7 Å². The first kappa shape index (κ1) is 20.9. The van der Waals surface area contributed by atoms with E-state index in [0.717, 1.165) is 43.4 Å². The van der Waals surface area contributed by atoms with Gasteiger partial charge in [-0.05, 0) is 30.7 Å². The monoisotopic (exact) mass is 388 g/mol. The maximum absolute atomic E-state index is 10.9. The Bertz CT molecular complexity index is 675. The number of thioether (sulfide) groups is 1. The normalized spacial score (nSPS) is 11.2. The quantitative estimate of drug-likeness (QED) is 0.239. The highest BCUT2D eigenvalue weighted by Gasteiger charge is 2.01. The van der Waals surface area contributed by atoms with Gasteiger partial charge in [-0.3, -0.25) is 9.79 Å². The summed E-state index contributed by atoms with van der Waals surface area (Å²) in [5, 5.41) is 9.50. The first-order valence-corrected chi connectivity index (χ1v) is 10.2. The molecule has 0 spiro atoms. The minimum atomic E-state index is -0.00756. The average molecular weight is 389 g/mol. The second kappa shape index (κ2) is 12.9. The van der Waals surface area contributed by atoms with E-state index in [-0.39, 0.29) is 5.91 Å². The largest absolute Gasteiger partial charge is 0.469 e. The average Bonchev–Trinajstić information content (AvgIpc) is 3.18. The molecule has 3 N–H and O–H groups in total. The fourth-order valence-corrected chi connectivity index (χ4v) is 3.11. The Labute approximate surface area is 165 Å². The van der Waals surface area contributed by atoms with Crippen molar-refractivity contribution in [3.63, 3.8) is 0 Å². The lowest BCUT2D eigenvalue weighted by molar-refractivity contribution is -0.118. The Morgan fingerprint density at radius 3 is 2.59 bits per heavy atom. The molecule has 6 nitrogen and oxygen atoms in total. The first-order chi connectivity index (χ1) is 13.2. The van der Waals surface area contributed by atoms with E-state index in [1.54, 1.807) is 6.26 Å². The van der Waals surface area contributed by atoms with Crippen LogP contribution in [0.2, 0.25) is 0 Å². The molecule has 7 heteroatoms. The lowest BCUT2D eigenvalue weighted by atomic mass is 10.3. The fraction of sp³-hybridized carbons (Fsp3) is 0.400. The minimum absolute atomic E-state index is 0.00756. The molecule has 2 aromatic rings. The Morgan fingerprint density at radius 1 is 1.04 bits per heavy atom.